The summed E-state index contributed by atoms with van der Waals surface area (Å²) >= 11 is 1.51. The molecule has 4 aliphatic rings. The standard InChI is InChI=1S/C42H57N11O6S/c1-6-27-24-59-40(42(5)13-9-11-32-34(42)29(20-43)37(44)60-32)47-35(27)30-12-14-45-41(46-30)51-17-10-16-50(21-26(51)4)15-7-8-18-58-33-23-53(49-48-33)36(25(2)3)38(55)52-22-28(54)19-31(52)39(56)57/h12,14,23,25-26,28,31,36,54H,6-11,13,15-19,21-22,24,44H2,1-5H3,(H,56,57)/t26-,28+,31?,36-,42-/m0/s1. The number of carboxylic acids is 1. The molecule has 17 nitrogen and oxygen atoms in total. The number of amides is 1. The van der Waals surface area contributed by atoms with Gasteiger partial charge in [-0.2, -0.15) is 5.26 Å². The van der Waals surface area contributed by atoms with E-state index in [4.69, 9.17) is 30.2 Å². The Morgan fingerprint density at radius 2 is 2.03 bits per heavy atom. The summed E-state index contributed by atoms with van der Waals surface area (Å²) in [4.78, 5) is 47.4. The predicted molar refractivity (Wildman–Crippen MR) is 227 cm³/mol. The van der Waals surface area contributed by atoms with Gasteiger partial charge in [0.1, 0.15) is 29.8 Å². The second-order valence-electron chi connectivity index (χ2n) is 16.9. The van der Waals surface area contributed by atoms with Crippen molar-refractivity contribution in [2.45, 2.75) is 116 Å². The van der Waals surface area contributed by atoms with Crippen molar-refractivity contribution in [1.29, 1.82) is 5.26 Å². The molecule has 60 heavy (non-hydrogen) atoms. The van der Waals surface area contributed by atoms with Crippen LogP contribution in [0.15, 0.2) is 29.0 Å². The van der Waals surface area contributed by atoms with E-state index < -0.39 is 35.5 Å². The number of aromatic nitrogens is 5. The highest BCUT2D eigenvalue weighted by molar-refractivity contribution is 7.16. The highest BCUT2D eigenvalue weighted by Crippen LogP contribution is 2.47. The third kappa shape index (κ3) is 8.70. The molecule has 3 aromatic rings. The number of thiophene rings is 1. The fourth-order valence-corrected chi connectivity index (χ4v) is 10.3. The number of rotatable bonds is 14. The van der Waals surface area contributed by atoms with Crippen LogP contribution in [0.5, 0.6) is 5.88 Å². The molecule has 2 saturated heterocycles. The number of carboxylic acid groups (broad SMARTS) is 1. The number of nitriles is 1. The van der Waals surface area contributed by atoms with Gasteiger partial charge < -0.3 is 40.1 Å². The third-order valence-electron chi connectivity index (χ3n) is 12.3. The molecule has 1 amide bonds. The average molecular weight is 844 g/mol. The summed E-state index contributed by atoms with van der Waals surface area (Å²) in [6, 6.07) is 2.60. The van der Waals surface area contributed by atoms with Gasteiger partial charge >= 0.3 is 5.97 Å². The molecule has 5 atom stereocenters. The van der Waals surface area contributed by atoms with Crippen molar-refractivity contribution in [2.75, 3.05) is 56.6 Å². The highest BCUT2D eigenvalue weighted by atomic mass is 32.1. The number of fused-ring (bicyclic) bond motifs is 1. The van der Waals surface area contributed by atoms with Crippen molar-refractivity contribution in [3.8, 4) is 11.9 Å². The van der Waals surface area contributed by atoms with E-state index in [2.05, 4.69) is 47.0 Å². The quantitative estimate of drug-likeness (QED) is 0.191. The van der Waals surface area contributed by atoms with Gasteiger partial charge in [-0.15, -0.1) is 11.3 Å². The van der Waals surface area contributed by atoms with Crippen molar-refractivity contribution in [3.05, 3.63) is 45.7 Å². The maximum Gasteiger partial charge on any atom is 0.326 e. The minimum atomic E-state index is -1.14. The first-order valence-electron chi connectivity index (χ1n) is 21.2. The average Bonchev–Trinajstić information content (AvgIpc) is 3.91. The highest BCUT2D eigenvalue weighted by Gasteiger charge is 2.45. The molecular formula is C42H57N11O6S. The summed E-state index contributed by atoms with van der Waals surface area (Å²) in [5.74, 6) is -0.154. The zero-order valence-corrected chi connectivity index (χ0v) is 36.0. The Morgan fingerprint density at radius 3 is 2.78 bits per heavy atom. The van der Waals surface area contributed by atoms with E-state index in [0.717, 1.165) is 98.5 Å². The van der Waals surface area contributed by atoms with E-state index in [1.807, 2.05) is 26.1 Å². The number of hydrogen-bond acceptors (Lipinski definition) is 15. The molecule has 4 N–H and O–H groups in total. The van der Waals surface area contributed by atoms with Gasteiger partial charge in [0.05, 0.1) is 41.3 Å². The Balaban J connectivity index is 0.944. The molecule has 1 unspecified atom stereocenters. The molecule has 18 heteroatoms. The molecule has 6 heterocycles. The molecular weight excluding hydrogens is 787 g/mol. The van der Waals surface area contributed by atoms with Gasteiger partial charge in [0.2, 0.25) is 11.9 Å². The normalized spacial score (nSPS) is 24.1. The first-order chi connectivity index (χ1) is 28.8. The number of ether oxygens (including phenoxy) is 2. The Morgan fingerprint density at radius 1 is 1.22 bits per heavy atom. The molecule has 1 aliphatic carbocycles. The van der Waals surface area contributed by atoms with Crippen molar-refractivity contribution >= 4 is 45.8 Å². The van der Waals surface area contributed by atoms with Crippen molar-refractivity contribution in [1.82, 2.24) is 34.8 Å². The summed E-state index contributed by atoms with van der Waals surface area (Å²) < 4.78 is 13.8. The summed E-state index contributed by atoms with van der Waals surface area (Å²) in [6.07, 6.45) is 8.64. The fourth-order valence-electron chi connectivity index (χ4n) is 9.15. The van der Waals surface area contributed by atoms with Crippen LogP contribution < -0.4 is 15.4 Å². The van der Waals surface area contributed by atoms with E-state index in [-0.39, 0.29) is 24.9 Å². The number of hydrogen-bond donors (Lipinski definition) is 3. The number of aliphatic hydroxyl groups is 1. The second kappa shape index (κ2) is 18.2. The van der Waals surface area contributed by atoms with Crippen LogP contribution in [0.2, 0.25) is 0 Å². The fraction of sp³-hybridized carbons (Fsp3) is 0.619. The van der Waals surface area contributed by atoms with Crippen molar-refractivity contribution in [2.24, 2.45) is 10.9 Å². The Hall–Kier alpha value is -5.12. The van der Waals surface area contributed by atoms with Crippen LogP contribution in [0.1, 0.15) is 107 Å². The minimum Gasteiger partial charge on any atom is -0.480 e. The maximum absolute atomic E-state index is 13.5. The van der Waals surface area contributed by atoms with Gasteiger partial charge in [-0.1, -0.05) is 31.1 Å². The topological polar surface area (TPSA) is 221 Å². The maximum atomic E-state index is 13.5. The van der Waals surface area contributed by atoms with Gasteiger partial charge in [0.15, 0.2) is 5.90 Å². The van der Waals surface area contributed by atoms with Crippen LogP contribution >= 0.6 is 11.3 Å². The van der Waals surface area contributed by atoms with Gasteiger partial charge in [0.25, 0.3) is 5.88 Å². The van der Waals surface area contributed by atoms with E-state index in [1.165, 1.54) is 20.9 Å². The van der Waals surface area contributed by atoms with E-state index in [9.17, 15) is 25.1 Å². The van der Waals surface area contributed by atoms with E-state index in [0.29, 0.717) is 41.5 Å². The van der Waals surface area contributed by atoms with E-state index >= 15 is 0 Å². The van der Waals surface area contributed by atoms with Crippen LogP contribution in [-0.4, -0.2) is 127 Å². The molecule has 0 saturated carbocycles. The molecule has 7 rings (SSSR count). The Kier molecular flexibility index (Phi) is 13.1. The molecule has 2 fully saturated rings. The third-order valence-corrected chi connectivity index (χ3v) is 13.4. The van der Waals surface area contributed by atoms with Crippen LogP contribution in [0.25, 0.3) is 5.70 Å². The Bertz CT molecular complexity index is 2160. The minimum absolute atomic E-state index is 0.00172. The lowest BCUT2D eigenvalue weighted by Crippen LogP contribution is -2.45. The number of aryl methyl sites for hydroxylation is 1. The summed E-state index contributed by atoms with van der Waals surface area (Å²) in [5, 5.41) is 38.6. The number of aliphatic hydroxyl groups excluding tert-OH is 1. The van der Waals surface area contributed by atoms with E-state index in [1.54, 1.807) is 6.20 Å². The first-order valence-corrected chi connectivity index (χ1v) is 22.0. The summed E-state index contributed by atoms with van der Waals surface area (Å²) in [5.41, 5.74) is 9.92. The number of anilines is 2. The first kappa shape index (κ1) is 43.0. The zero-order chi connectivity index (χ0) is 42.7. The summed E-state index contributed by atoms with van der Waals surface area (Å²) in [7, 11) is 0. The van der Waals surface area contributed by atoms with Crippen LogP contribution in [-0.2, 0) is 26.2 Å². The number of nitrogen functional groups attached to an aromatic ring is 1. The van der Waals surface area contributed by atoms with Gasteiger partial charge in [0, 0.05) is 48.7 Å². The molecule has 0 aromatic carbocycles. The SMILES string of the molecule is CCC1=C(c2ccnc(N3CCCN(CCCCOc4cn([C@H](C(=O)N5C[C@H](O)CC5C(=O)O)C(C)C)nn4)C[C@@H]3C)n2)N=C([C@@]2(C)CCCc3sc(N)c(C#N)c32)OC1. The number of β-amino-alcohol motifs (C(OH)–C–C–N with tert-alkyl or cyclic N) is 1. The number of nitrogens with zero attached hydrogens (tertiary/aromatic N) is 10. The van der Waals surface area contributed by atoms with Gasteiger partial charge in [-0.25, -0.2) is 24.4 Å². The number of aliphatic carboxylic acids is 1. The Labute approximate surface area is 354 Å². The number of nitrogens with two attached hydrogens (primary N) is 1. The molecule has 322 valence electrons. The summed E-state index contributed by atoms with van der Waals surface area (Å²) in [6.45, 7) is 14.5. The van der Waals surface area contributed by atoms with Crippen molar-refractivity contribution in [3.63, 3.8) is 0 Å². The van der Waals surface area contributed by atoms with Gasteiger partial charge in [-0.05, 0) is 89.4 Å². The monoisotopic (exact) mass is 843 g/mol. The second-order valence-corrected chi connectivity index (χ2v) is 18.0. The number of aliphatic imine (C=N–C) groups is 1. The number of carbonyl (C=O) groups is 2. The molecule has 0 bridgehead atoms. The van der Waals surface area contributed by atoms with Crippen LogP contribution in [0.4, 0.5) is 10.9 Å². The van der Waals surface area contributed by atoms with Crippen molar-refractivity contribution < 1.29 is 29.3 Å². The van der Waals surface area contributed by atoms with Crippen LogP contribution in [0.3, 0.4) is 0 Å². The predicted octanol–water partition coefficient (Wildman–Crippen LogP) is 4.43. The molecule has 3 aliphatic heterocycles. The number of likely N-dealkylation sites (tertiary alicyclic amines) is 1. The lowest BCUT2D eigenvalue weighted by molar-refractivity contribution is -0.150. The number of carbonyl (C=O) groups excluding carboxylic acids is 1. The largest absolute Gasteiger partial charge is 0.480 e. The van der Waals surface area contributed by atoms with Crippen LogP contribution in [0, 0.1) is 17.2 Å². The lowest BCUT2D eigenvalue weighted by atomic mass is 9.72. The zero-order valence-electron chi connectivity index (χ0n) is 35.2. The lowest BCUT2D eigenvalue weighted by Gasteiger charge is -2.36. The number of unbranched alkanes of at least 4 members (excludes halogenated alkanes) is 1. The van der Waals surface area contributed by atoms with Gasteiger partial charge in [-0.3, -0.25) is 4.79 Å². The smallest absolute Gasteiger partial charge is 0.326 e. The molecule has 0 spiro atoms. The molecule has 3 aromatic heterocycles. The molecule has 0 radical (unpaired) electrons.